The van der Waals surface area contributed by atoms with Crippen LogP contribution in [0.4, 0.5) is 0 Å². The van der Waals surface area contributed by atoms with Gasteiger partial charge in [0.25, 0.3) is 0 Å². The second-order valence-electron chi connectivity index (χ2n) is 6.41. The van der Waals surface area contributed by atoms with Crippen molar-refractivity contribution < 1.29 is 4.42 Å². The van der Waals surface area contributed by atoms with Crippen molar-refractivity contribution in [2.24, 2.45) is 0 Å². The second kappa shape index (κ2) is 5.77. The highest BCUT2D eigenvalue weighted by molar-refractivity contribution is 5.72. The van der Waals surface area contributed by atoms with Crippen LogP contribution in [0.15, 0.2) is 28.7 Å². The number of hydrogen-bond donors (Lipinski definition) is 1. The zero-order valence-electron chi connectivity index (χ0n) is 13.5. The van der Waals surface area contributed by atoms with Crippen LogP contribution < -0.4 is 5.32 Å². The summed E-state index contributed by atoms with van der Waals surface area (Å²) in [4.78, 5) is 9.13. The van der Waals surface area contributed by atoms with Crippen LogP contribution >= 0.6 is 0 Å². The Bertz CT molecular complexity index is 786. The van der Waals surface area contributed by atoms with Crippen LogP contribution in [0.25, 0.3) is 11.1 Å². The summed E-state index contributed by atoms with van der Waals surface area (Å²) in [6, 6.07) is 8.23. The second-order valence-corrected chi connectivity index (χ2v) is 6.41. The highest BCUT2D eigenvalue weighted by Gasteiger charge is 2.22. The predicted molar refractivity (Wildman–Crippen MR) is 87.1 cm³/mol. The molecule has 1 aromatic carbocycles. The van der Waals surface area contributed by atoms with E-state index in [-0.39, 0.29) is 0 Å². The molecular weight excluding hydrogens is 290 g/mol. The molecule has 6 nitrogen and oxygen atoms in total. The number of oxazole rings is 1. The highest BCUT2D eigenvalue weighted by atomic mass is 16.3. The summed E-state index contributed by atoms with van der Waals surface area (Å²) in [7, 11) is 0. The van der Waals surface area contributed by atoms with Gasteiger partial charge in [-0.05, 0) is 18.6 Å². The quantitative estimate of drug-likeness (QED) is 0.802. The molecule has 1 unspecified atom stereocenters. The van der Waals surface area contributed by atoms with Gasteiger partial charge in [-0.15, -0.1) is 0 Å². The fourth-order valence-corrected chi connectivity index (χ4v) is 2.97. The number of benzene rings is 1. The summed E-state index contributed by atoms with van der Waals surface area (Å²) in [5.74, 6) is 3.16. The van der Waals surface area contributed by atoms with Crippen molar-refractivity contribution in [1.29, 1.82) is 0 Å². The van der Waals surface area contributed by atoms with Crippen molar-refractivity contribution >= 4 is 11.1 Å². The standard InChI is InChI=1S/C17H21N5O/c1-11(2)17-20-15-8-7-12(10-22(15)21-17)18-9-16-19-13-5-3-4-6-14(13)23-16/h3-6,11-12,18H,7-10H2,1-2H3. The molecule has 1 N–H and O–H groups in total. The molecule has 1 aliphatic rings. The maximum absolute atomic E-state index is 5.76. The lowest BCUT2D eigenvalue weighted by atomic mass is 10.1. The SMILES string of the molecule is CC(C)c1nc2n(n1)CC(NCc1nc3ccccc3o1)CC2. The van der Waals surface area contributed by atoms with Gasteiger partial charge in [-0.1, -0.05) is 26.0 Å². The number of nitrogens with zero attached hydrogens (tertiary/aromatic N) is 4. The van der Waals surface area contributed by atoms with Crippen LogP contribution in [0.5, 0.6) is 0 Å². The first-order valence-corrected chi connectivity index (χ1v) is 8.20. The third-order valence-electron chi connectivity index (χ3n) is 4.27. The van der Waals surface area contributed by atoms with Crippen LogP contribution in [0.3, 0.4) is 0 Å². The molecular formula is C17H21N5O. The molecule has 2 aromatic heterocycles. The number of rotatable bonds is 4. The van der Waals surface area contributed by atoms with E-state index in [0.717, 1.165) is 48.0 Å². The first-order chi connectivity index (χ1) is 11.2. The minimum atomic E-state index is 0.374. The first-order valence-electron chi connectivity index (χ1n) is 8.20. The maximum Gasteiger partial charge on any atom is 0.209 e. The molecule has 0 radical (unpaired) electrons. The van der Waals surface area contributed by atoms with E-state index in [1.807, 2.05) is 28.9 Å². The molecule has 23 heavy (non-hydrogen) atoms. The number of fused-ring (bicyclic) bond motifs is 2. The van der Waals surface area contributed by atoms with Crippen LogP contribution in [0.1, 0.15) is 43.7 Å². The van der Waals surface area contributed by atoms with Crippen molar-refractivity contribution in [2.75, 3.05) is 0 Å². The lowest BCUT2D eigenvalue weighted by molar-refractivity contribution is 0.343. The van der Waals surface area contributed by atoms with E-state index in [2.05, 4.69) is 34.2 Å². The molecule has 0 fully saturated rings. The molecule has 1 aliphatic heterocycles. The van der Waals surface area contributed by atoms with E-state index in [0.29, 0.717) is 18.5 Å². The van der Waals surface area contributed by atoms with Crippen LogP contribution in [-0.4, -0.2) is 25.8 Å². The molecule has 0 aliphatic carbocycles. The molecule has 0 amide bonds. The van der Waals surface area contributed by atoms with E-state index in [1.165, 1.54) is 0 Å². The average Bonchev–Trinajstić information content (AvgIpc) is 3.15. The van der Waals surface area contributed by atoms with Gasteiger partial charge in [0.2, 0.25) is 5.89 Å². The third-order valence-corrected chi connectivity index (χ3v) is 4.27. The zero-order chi connectivity index (χ0) is 15.8. The highest BCUT2D eigenvalue weighted by Crippen LogP contribution is 2.18. The Morgan fingerprint density at radius 3 is 3.00 bits per heavy atom. The van der Waals surface area contributed by atoms with Crippen LogP contribution in [0, 0.1) is 0 Å². The average molecular weight is 311 g/mol. The van der Waals surface area contributed by atoms with E-state index in [1.54, 1.807) is 0 Å². The predicted octanol–water partition coefficient (Wildman–Crippen LogP) is 2.65. The molecule has 0 saturated carbocycles. The molecule has 0 bridgehead atoms. The van der Waals surface area contributed by atoms with Crippen molar-refractivity contribution in [2.45, 2.75) is 51.7 Å². The molecule has 6 heteroatoms. The zero-order valence-corrected chi connectivity index (χ0v) is 13.5. The Balaban J connectivity index is 1.41. The minimum Gasteiger partial charge on any atom is -0.439 e. The van der Waals surface area contributed by atoms with Gasteiger partial charge in [-0.2, -0.15) is 5.10 Å². The fraction of sp³-hybridized carbons (Fsp3) is 0.471. The number of para-hydroxylation sites is 2. The topological polar surface area (TPSA) is 68.8 Å². The van der Waals surface area contributed by atoms with E-state index >= 15 is 0 Å². The van der Waals surface area contributed by atoms with E-state index < -0.39 is 0 Å². The number of aromatic nitrogens is 4. The van der Waals surface area contributed by atoms with Crippen molar-refractivity contribution in [3.63, 3.8) is 0 Å². The third kappa shape index (κ3) is 2.86. The summed E-state index contributed by atoms with van der Waals surface area (Å²) in [6.45, 7) is 5.75. The summed E-state index contributed by atoms with van der Waals surface area (Å²) in [5, 5.41) is 8.15. The summed E-state index contributed by atoms with van der Waals surface area (Å²) >= 11 is 0. The van der Waals surface area contributed by atoms with Gasteiger partial charge >= 0.3 is 0 Å². The van der Waals surface area contributed by atoms with Gasteiger partial charge in [-0.25, -0.2) is 14.6 Å². The summed E-state index contributed by atoms with van der Waals surface area (Å²) < 4.78 is 7.80. The Hall–Kier alpha value is -2.21. The van der Waals surface area contributed by atoms with Crippen molar-refractivity contribution in [3.8, 4) is 0 Å². The van der Waals surface area contributed by atoms with Crippen LogP contribution in [-0.2, 0) is 19.5 Å². The summed E-state index contributed by atoms with van der Waals surface area (Å²) in [5.41, 5.74) is 1.75. The van der Waals surface area contributed by atoms with Crippen molar-refractivity contribution in [1.82, 2.24) is 25.1 Å². The molecule has 120 valence electrons. The van der Waals surface area contributed by atoms with Gasteiger partial charge in [0.05, 0.1) is 13.1 Å². The smallest absolute Gasteiger partial charge is 0.209 e. The molecule has 0 saturated heterocycles. The minimum absolute atomic E-state index is 0.374. The number of aryl methyl sites for hydroxylation is 1. The summed E-state index contributed by atoms with van der Waals surface area (Å²) in [6.07, 6.45) is 2.03. The monoisotopic (exact) mass is 311 g/mol. The van der Waals surface area contributed by atoms with E-state index in [4.69, 9.17) is 4.42 Å². The van der Waals surface area contributed by atoms with Crippen molar-refractivity contribution in [3.05, 3.63) is 41.8 Å². The van der Waals surface area contributed by atoms with Gasteiger partial charge in [0.15, 0.2) is 11.4 Å². The normalized spacial score (nSPS) is 17.8. The van der Waals surface area contributed by atoms with Gasteiger partial charge < -0.3 is 9.73 Å². The molecule has 1 atom stereocenters. The Morgan fingerprint density at radius 2 is 2.17 bits per heavy atom. The Kier molecular flexibility index (Phi) is 3.61. The lowest BCUT2D eigenvalue weighted by Crippen LogP contribution is -2.37. The maximum atomic E-state index is 5.76. The van der Waals surface area contributed by atoms with Crippen LogP contribution in [0.2, 0.25) is 0 Å². The van der Waals surface area contributed by atoms with Gasteiger partial charge in [0.1, 0.15) is 11.3 Å². The molecule has 4 rings (SSSR count). The first kappa shape index (κ1) is 14.4. The number of hydrogen-bond acceptors (Lipinski definition) is 5. The van der Waals surface area contributed by atoms with Gasteiger partial charge in [-0.3, -0.25) is 0 Å². The fourth-order valence-electron chi connectivity index (χ4n) is 2.97. The molecule has 0 spiro atoms. The van der Waals surface area contributed by atoms with E-state index in [9.17, 15) is 0 Å². The molecule has 3 heterocycles. The largest absolute Gasteiger partial charge is 0.439 e. The lowest BCUT2D eigenvalue weighted by Gasteiger charge is -2.22. The Labute approximate surface area is 134 Å². The molecule has 3 aromatic rings. The Morgan fingerprint density at radius 1 is 1.30 bits per heavy atom. The number of nitrogens with one attached hydrogen (secondary N) is 1. The van der Waals surface area contributed by atoms with Gasteiger partial charge in [0, 0.05) is 18.4 Å².